The highest BCUT2D eigenvalue weighted by molar-refractivity contribution is 14.1. The molecule has 0 fully saturated rings. The van der Waals surface area contributed by atoms with Gasteiger partial charge in [-0.3, -0.25) is 0 Å². The van der Waals surface area contributed by atoms with Gasteiger partial charge < -0.3 is 15.2 Å². The van der Waals surface area contributed by atoms with Crippen molar-refractivity contribution in [3.05, 3.63) is 21.3 Å². The number of halogens is 1. The summed E-state index contributed by atoms with van der Waals surface area (Å²) in [6.45, 7) is 0.568. The first-order valence-electron chi connectivity index (χ1n) is 3.99. The zero-order valence-corrected chi connectivity index (χ0v) is 9.37. The molecule has 3 nitrogen and oxygen atoms in total. The van der Waals surface area contributed by atoms with Gasteiger partial charge in [0.2, 0.25) is 0 Å². The first kappa shape index (κ1) is 9.08. The lowest BCUT2D eigenvalue weighted by Crippen LogP contribution is -2.12. The zero-order chi connectivity index (χ0) is 9.42. The van der Waals surface area contributed by atoms with Gasteiger partial charge in [-0.1, -0.05) is 0 Å². The summed E-state index contributed by atoms with van der Waals surface area (Å²) in [6, 6.07) is 3.79. The van der Waals surface area contributed by atoms with E-state index in [4.69, 9.17) is 15.2 Å². The molecule has 1 unspecified atom stereocenters. The number of hydrogen-bond donors (Lipinski definition) is 1. The maximum atomic E-state index is 5.89. The highest BCUT2D eigenvalue weighted by Crippen LogP contribution is 2.38. The maximum Gasteiger partial charge on any atom is 0.132 e. The van der Waals surface area contributed by atoms with E-state index in [1.165, 1.54) is 0 Å². The molecule has 2 N–H and O–H groups in total. The predicted molar refractivity (Wildman–Crippen MR) is 58.1 cm³/mol. The van der Waals surface area contributed by atoms with E-state index < -0.39 is 0 Å². The molecule has 0 spiro atoms. The lowest BCUT2D eigenvalue weighted by Gasteiger charge is -2.08. The summed E-state index contributed by atoms with van der Waals surface area (Å²) >= 11 is 2.24. The van der Waals surface area contributed by atoms with Gasteiger partial charge in [-0.2, -0.15) is 0 Å². The first-order valence-corrected chi connectivity index (χ1v) is 5.06. The fraction of sp³-hybridized carbons (Fsp3) is 0.333. The Bertz CT molecular complexity index is 341. The molecule has 1 aliphatic heterocycles. The quantitative estimate of drug-likeness (QED) is 0.801. The second kappa shape index (κ2) is 3.34. The van der Waals surface area contributed by atoms with E-state index in [1.807, 2.05) is 12.1 Å². The molecule has 1 atom stereocenters. The molecule has 2 rings (SSSR count). The third-order valence-electron chi connectivity index (χ3n) is 2.11. The van der Waals surface area contributed by atoms with Gasteiger partial charge in [-0.05, 0) is 34.7 Å². The number of methoxy groups -OCH3 is 1. The van der Waals surface area contributed by atoms with Crippen molar-refractivity contribution in [2.45, 2.75) is 6.04 Å². The highest BCUT2D eigenvalue weighted by atomic mass is 127. The molecule has 0 saturated carbocycles. The van der Waals surface area contributed by atoms with Crippen molar-refractivity contribution in [1.82, 2.24) is 0 Å². The zero-order valence-electron chi connectivity index (χ0n) is 7.21. The van der Waals surface area contributed by atoms with Gasteiger partial charge >= 0.3 is 0 Å². The Kier molecular flexibility index (Phi) is 2.33. The molecular weight excluding hydrogens is 281 g/mol. The van der Waals surface area contributed by atoms with Crippen LogP contribution >= 0.6 is 22.6 Å². The maximum absolute atomic E-state index is 5.89. The van der Waals surface area contributed by atoms with Crippen molar-refractivity contribution in [3.8, 4) is 11.5 Å². The Labute approximate surface area is 90.3 Å². The second-order valence-electron chi connectivity index (χ2n) is 2.91. The van der Waals surface area contributed by atoms with Crippen LogP contribution in [0.1, 0.15) is 11.6 Å². The Morgan fingerprint density at radius 2 is 2.38 bits per heavy atom. The summed E-state index contributed by atoms with van der Waals surface area (Å²) in [5, 5.41) is 0. The smallest absolute Gasteiger partial charge is 0.132 e. The summed E-state index contributed by atoms with van der Waals surface area (Å²) in [6.07, 6.45) is 0. The molecule has 0 aromatic heterocycles. The number of benzene rings is 1. The van der Waals surface area contributed by atoms with Crippen LogP contribution in [0.3, 0.4) is 0 Å². The van der Waals surface area contributed by atoms with Crippen LogP contribution in [0.5, 0.6) is 11.5 Å². The summed E-state index contributed by atoms with van der Waals surface area (Å²) < 4.78 is 11.7. The SMILES string of the molecule is COc1ccc2c(c1I)C(N)CO2. The molecule has 70 valence electrons. The van der Waals surface area contributed by atoms with Crippen molar-refractivity contribution in [1.29, 1.82) is 0 Å². The minimum atomic E-state index is -0.0167. The van der Waals surface area contributed by atoms with E-state index in [-0.39, 0.29) is 6.04 Å². The highest BCUT2D eigenvalue weighted by Gasteiger charge is 2.25. The molecule has 0 saturated heterocycles. The van der Waals surface area contributed by atoms with Crippen LogP contribution in [0.15, 0.2) is 12.1 Å². The van der Waals surface area contributed by atoms with Crippen LogP contribution in [-0.2, 0) is 0 Å². The molecule has 13 heavy (non-hydrogen) atoms. The Balaban J connectivity index is 2.56. The Morgan fingerprint density at radius 1 is 1.62 bits per heavy atom. The molecule has 0 bridgehead atoms. The number of rotatable bonds is 1. The van der Waals surface area contributed by atoms with Crippen LogP contribution in [-0.4, -0.2) is 13.7 Å². The number of fused-ring (bicyclic) bond motifs is 1. The topological polar surface area (TPSA) is 44.5 Å². The average Bonchev–Trinajstić information content (AvgIpc) is 2.49. The van der Waals surface area contributed by atoms with Crippen LogP contribution in [0, 0.1) is 3.57 Å². The van der Waals surface area contributed by atoms with Gasteiger partial charge in [0.25, 0.3) is 0 Å². The minimum Gasteiger partial charge on any atom is -0.496 e. The van der Waals surface area contributed by atoms with Crippen LogP contribution in [0.25, 0.3) is 0 Å². The van der Waals surface area contributed by atoms with E-state index in [9.17, 15) is 0 Å². The second-order valence-corrected chi connectivity index (χ2v) is 3.99. The van der Waals surface area contributed by atoms with E-state index >= 15 is 0 Å². The Hall–Kier alpha value is -0.490. The van der Waals surface area contributed by atoms with Crippen molar-refractivity contribution >= 4 is 22.6 Å². The molecular formula is C9H10INO2. The molecule has 1 aromatic rings. The minimum absolute atomic E-state index is 0.0167. The lowest BCUT2D eigenvalue weighted by atomic mass is 10.1. The van der Waals surface area contributed by atoms with Gasteiger partial charge in [-0.25, -0.2) is 0 Å². The Morgan fingerprint density at radius 3 is 3.08 bits per heavy atom. The molecule has 1 aromatic carbocycles. The normalized spacial score (nSPS) is 19.5. The molecule has 0 radical (unpaired) electrons. The van der Waals surface area contributed by atoms with E-state index in [0.29, 0.717) is 6.61 Å². The number of nitrogens with two attached hydrogens (primary N) is 1. The lowest BCUT2D eigenvalue weighted by molar-refractivity contribution is 0.333. The van der Waals surface area contributed by atoms with E-state index in [2.05, 4.69) is 22.6 Å². The summed E-state index contributed by atoms with van der Waals surface area (Å²) in [4.78, 5) is 0. The number of ether oxygens (including phenoxy) is 2. The predicted octanol–water partition coefficient (Wildman–Crippen LogP) is 1.69. The van der Waals surface area contributed by atoms with Gasteiger partial charge in [0.15, 0.2) is 0 Å². The fourth-order valence-electron chi connectivity index (χ4n) is 1.45. The monoisotopic (exact) mass is 291 g/mol. The average molecular weight is 291 g/mol. The van der Waals surface area contributed by atoms with Crippen LogP contribution < -0.4 is 15.2 Å². The van der Waals surface area contributed by atoms with Crippen molar-refractivity contribution in [2.75, 3.05) is 13.7 Å². The molecule has 0 aliphatic carbocycles. The standard InChI is InChI=1S/C9H10INO2/c1-12-7-3-2-6-8(9(7)10)5(11)4-13-6/h2-3,5H,4,11H2,1H3. The molecule has 1 heterocycles. The van der Waals surface area contributed by atoms with Crippen molar-refractivity contribution in [2.24, 2.45) is 5.73 Å². The van der Waals surface area contributed by atoms with Crippen molar-refractivity contribution < 1.29 is 9.47 Å². The van der Waals surface area contributed by atoms with E-state index in [0.717, 1.165) is 20.6 Å². The van der Waals surface area contributed by atoms with E-state index in [1.54, 1.807) is 7.11 Å². The molecule has 1 aliphatic rings. The van der Waals surface area contributed by atoms with Gasteiger partial charge in [0.1, 0.15) is 18.1 Å². The van der Waals surface area contributed by atoms with Gasteiger partial charge in [-0.15, -0.1) is 0 Å². The number of hydrogen-bond acceptors (Lipinski definition) is 3. The van der Waals surface area contributed by atoms with Crippen LogP contribution in [0.2, 0.25) is 0 Å². The first-order chi connectivity index (χ1) is 6.24. The summed E-state index contributed by atoms with van der Waals surface area (Å²) in [5.74, 6) is 1.75. The van der Waals surface area contributed by atoms with Gasteiger partial charge in [0, 0.05) is 5.56 Å². The molecule has 4 heteroatoms. The summed E-state index contributed by atoms with van der Waals surface area (Å²) in [5.41, 5.74) is 6.95. The summed E-state index contributed by atoms with van der Waals surface area (Å²) in [7, 11) is 1.66. The largest absolute Gasteiger partial charge is 0.496 e. The van der Waals surface area contributed by atoms with Gasteiger partial charge in [0.05, 0.1) is 16.7 Å². The third kappa shape index (κ3) is 1.38. The molecule has 0 amide bonds. The third-order valence-corrected chi connectivity index (χ3v) is 3.23. The van der Waals surface area contributed by atoms with Crippen LogP contribution in [0.4, 0.5) is 0 Å². The van der Waals surface area contributed by atoms with Crippen molar-refractivity contribution in [3.63, 3.8) is 0 Å². The fourth-order valence-corrected chi connectivity index (χ4v) is 2.51.